The van der Waals surface area contributed by atoms with Crippen molar-refractivity contribution in [3.8, 4) is 0 Å². The van der Waals surface area contributed by atoms with Gasteiger partial charge in [0.05, 0.1) is 5.54 Å². The van der Waals surface area contributed by atoms with Crippen LogP contribution in [0.15, 0.2) is 60.7 Å². The number of allylic oxidation sites excluding steroid dienone is 2. The summed E-state index contributed by atoms with van der Waals surface area (Å²) in [6.07, 6.45) is 7.73. The van der Waals surface area contributed by atoms with Crippen molar-refractivity contribution in [1.29, 1.82) is 5.41 Å². The molecule has 1 aromatic carbocycles. The molecule has 9 nitrogen and oxygen atoms in total. The molecule has 1 aliphatic carbocycles. The van der Waals surface area contributed by atoms with Crippen molar-refractivity contribution in [2.75, 3.05) is 5.32 Å². The number of benzene rings is 1. The summed E-state index contributed by atoms with van der Waals surface area (Å²) in [5.41, 5.74) is 4.29. The van der Waals surface area contributed by atoms with Gasteiger partial charge in [-0.1, -0.05) is 30.4 Å². The molecule has 2 unspecified atom stereocenters. The topological polar surface area (TPSA) is 166 Å². The summed E-state index contributed by atoms with van der Waals surface area (Å²) >= 11 is 0. The summed E-state index contributed by atoms with van der Waals surface area (Å²) in [4.78, 5) is 35.3. The van der Waals surface area contributed by atoms with Gasteiger partial charge < -0.3 is 26.6 Å². The van der Waals surface area contributed by atoms with Crippen molar-refractivity contribution in [2.45, 2.75) is 5.54 Å². The number of amides is 1. The average molecular weight is 370 g/mol. The molecule has 9 heteroatoms. The summed E-state index contributed by atoms with van der Waals surface area (Å²) < 4.78 is 0. The Morgan fingerprint density at radius 2 is 1.96 bits per heavy atom. The number of carbonyl (C=O) groups is 3. The maximum atomic E-state index is 12.7. The van der Waals surface area contributed by atoms with Gasteiger partial charge in [0.1, 0.15) is 5.92 Å². The van der Waals surface area contributed by atoms with Crippen molar-refractivity contribution >= 4 is 29.5 Å². The van der Waals surface area contributed by atoms with E-state index in [0.717, 1.165) is 12.2 Å². The number of rotatable bonds is 6. The highest BCUT2D eigenvalue weighted by atomic mass is 16.4. The highest BCUT2D eigenvalue weighted by Crippen LogP contribution is 2.27. The largest absolute Gasteiger partial charge is 0.481 e. The third-order valence-electron chi connectivity index (χ3n) is 3.80. The molecule has 27 heavy (non-hydrogen) atoms. The molecule has 7 N–H and O–H groups in total. The quantitative estimate of drug-likeness (QED) is 0.246. The van der Waals surface area contributed by atoms with Crippen LogP contribution in [0.25, 0.3) is 0 Å². The van der Waals surface area contributed by atoms with Crippen LogP contribution in [-0.4, -0.2) is 39.6 Å². The number of carboxylic acid groups (broad SMARTS) is 2. The van der Waals surface area contributed by atoms with Crippen molar-refractivity contribution in [2.24, 2.45) is 11.7 Å². The second-order valence-corrected chi connectivity index (χ2v) is 5.74. The van der Waals surface area contributed by atoms with Crippen LogP contribution in [0.5, 0.6) is 0 Å². The highest BCUT2D eigenvalue weighted by molar-refractivity contribution is 5.98. The monoisotopic (exact) mass is 370 g/mol. The van der Waals surface area contributed by atoms with E-state index in [2.05, 4.69) is 10.6 Å². The van der Waals surface area contributed by atoms with Crippen LogP contribution in [0.3, 0.4) is 0 Å². The first-order valence-electron chi connectivity index (χ1n) is 7.78. The Morgan fingerprint density at radius 3 is 2.59 bits per heavy atom. The van der Waals surface area contributed by atoms with Crippen LogP contribution in [0.1, 0.15) is 10.4 Å². The first-order valence-corrected chi connectivity index (χ1v) is 7.78. The van der Waals surface area contributed by atoms with E-state index in [-0.39, 0.29) is 11.5 Å². The predicted molar refractivity (Wildman–Crippen MR) is 98.4 cm³/mol. The summed E-state index contributed by atoms with van der Waals surface area (Å²) in [6.45, 7) is 0. The van der Waals surface area contributed by atoms with E-state index >= 15 is 0 Å². The van der Waals surface area contributed by atoms with Crippen molar-refractivity contribution in [3.63, 3.8) is 0 Å². The summed E-state index contributed by atoms with van der Waals surface area (Å²) in [5.74, 6) is -4.62. The fraction of sp³-hybridized carbons (Fsp3) is 0.111. The second-order valence-electron chi connectivity index (χ2n) is 5.74. The fourth-order valence-corrected chi connectivity index (χ4v) is 2.63. The number of anilines is 1. The van der Waals surface area contributed by atoms with Gasteiger partial charge in [0.2, 0.25) is 0 Å². The van der Waals surface area contributed by atoms with E-state index in [1.165, 1.54) is 36.4 Å². The van der Waals surface area contributed by atoms with E-state index < -0.39 is 29.3 Å². The average Bonchev–Trinajstić information content (AvgIpc) is 2.60. The number of guanidine groups is 1. The Morgan fingerprint density at radius 1 is 1.22 bits per heavy atom. The van der Waals surface area contributed by atoms with Crippen molar-refractivity contribution in [1.82, 2.24) is 5.32 Å². The van der Waals surface area contributed by atoms with Gasteiger partial charge in [-0.3, -0.25) is 15.0 Å². The molecular formula is C18H18N4O5. The number of hydrogen-bond donors (Lipinski definition) is 6. The highest BCUT2D eigenvalue weighted by Gasteiger charge is 2.40. The third kappa shape index (κ3) is 4.82. The molecule has 0 aromatic heterocycles. The molecular weight excluding hydrogens is 352 g/mol. The van der Waals surface area contributed by atoms with Crippen LogP contribution in [-0.2, 0) is 9.59 Å². The molecule has 0 saturated heterocycles. The minimum Gasteiger partial charge on any atom is -0.481 e. The zero-order chi connectivity index (χ0) is 20.0. The molecule has 0 bridgehead atoms. The van der Waals surface area contributed by atoms with Gasteiger partial charge in [-0.2, -0.15) is 0 Å². The lowest BCUT2D eigenvalue weighted by Gasteiger charge is -2.34. The Hall–Kier alpha value is -3.88. The van der Waals surface area contributed by atoms with E-state index in [9.17, 15) is 19.5 Å². The van der Waals surface area contributed by atoms with Gasteiger partial charge in [-0.15, -0.1) is 0 Å². The lowest BCUT2D eigenvalue weighted by Crippen LogP contribution is -2.53. The Bertz CT molecular complexity index is 874. The minimum absolute atomic E-state index is 0.177. The number of nitrogens with two attached hydrogens (primary N) is 1. The molecule has 1 amide bonds. The molecule has 1 aliphatic rings. The van der Waals surface area contributed by atoms with Crippen LogP contribution in [0.2, 0.25) is 0 Å². The number of carboxylic acids is 2. The van der Waals surface area contributed by atoms with E-state index in [4.69, 9.17) is 16.2 Å². The smallest absolute Gasteiger partial charge is 0.328 e. The number of nitrogens with one attached hydrogen (secondary N) is 3. The number of carbonyl (C=O) groups excluding carboxylic acids is 1. The minimum atomic E-state index is -1.56. The molecule has 0 radical (unpaired) electrons. The fourth-order valence-electron chi connectivity index (χ4n) is 2.63. The maximum absolute atomic E-state index is 12.7. The van der Waals surface area contributed by atoms with Gasteiger partial charge in [0.25, 0.3) is 5.91 Å². The molecule has 2 rings (SSSR count). The Kier molecular flexibility index (Phi) is 5.76. The number of aliphatic carboxylic acids is 2. The molecule has 0 aliphatic heterocycles. The van der Waals surface area contributed by atoms with Gasteiger partial charge in [-0.25, -0.2) is 4.79 Å². The molecule has 1 aromatic rings. The Balaban J connectivity index is 2.38. The normalized spacial score (nSPS) is 21.0. The lowest BCUT2D eigenvalue weighted by molar-refractivity contribution is -0.141. The number of hydrogen-bond acceptors (Lipinski definition) is 4. The van der Waals surface area contributed by atoms with Crippen molar-refractivity contribution in [3.05, 3.63) is 66.3 Å². The zero-order valence-electron chi connectivity index (χ0n) is 14.0. The summed E-state index contributed by atoms with van der Waals surface area (Å²) in [7, 11) is 0. The summed E-state index contributed by atoms with van der Waals surface area (Å²) in [6, 6.07) is 6.09. The van der Waals surface area contributed by atoms with E-state index in [1.807, 2.05) is 0 Å². The van der Waals surface area contributed by atoms with Crippen LogP contribution in [0, 0.1) is 11.3 Å². The molecule has 2 atom stereocenters. The van der Waals surface area contributed by atoms with E-state index in [0.29, 0.717) is 5.69 Å². The molecule has 0 saturated carbocycles. The Labute approximate surface area is 154 Å². The summed E-state index contributed by atoms with van der Waals surface area (Å²) in [5, 5.41) is 30.8. The SMILES string of the molecule is N=C(N)Nc1cccc(C(=O)NC2(/C=C/C(=O)O)C=CC=CC2C(=O)O)c1. The second kappa shape index (κ2) is 8.00. The maximum Gasteiger partial charge on any atom is 0.328 e. The van der Waals surface area contributed by atoms with Gasteiger partial charge in [0, 0.05) is 17.3 Å². The standard InChI is InChI=1S/C18H18N4O5/c19-17(20)21-12-5-3-4-11(10-12)15(25)22-18(9-7-14(23)24)8-2-1-6-13(18)16(26)27/h1-10,13H,(H,22,25)(H,23,24)(H,26,27)(H4,19,20,21)/b9-7+. The molecule has 140 valence electrons. The van der Waals surface area contributed by atoms with Gasteiger partial charge in [-0.05, 0) is 24.3 Å². The van der Waals surface area contributed by atoms with Crippen molar-refractivity contribution < 1.29 is 24.6 Å². The van der Waals surface area contributed by atoms with Gasteiger partial charge in [0.15, 0.2) is 5.96 Å². The molecule has 0 fully saturated rings. The van der Waals surface area contributed by atoms with E-state index in [1.54, 1.807) is 12.1 Å². The molecule has 0 heterocycles. The molecule has 0 spiro atoms. The first kappa shape index (κ1) is 19.4. The predicted octanol–water partition coefficient (Wildman–Crippen LogP) is 0.928. The third-order valence-corrected chi connectivity index (χ3v) is 3.80. The van der Waals surface area contributed by atoms with Crippen LogP contribution >= 0.6 is 0 Å². The van der Waals surface area contributed by atoms with Gasteiger partial charge >= 0.3 is 11.9 Å². The zero-order valence-corrected chi connectivity index (χ0v) is 14.0. The van der Waals surface area contributed by atoms with Crippen LogP contribution in [0.4, 0.5) is 5.69 Å². The first-order chi connectivity index (χ1) is 12.7. The van der Waals surface area contributed by atoms with Crippen LogP contribution < -0.4 is 16.4 Å². The lowest BCUT2D eigenvalue weighted by atomic mass is 9.79.